The first kappa shape index (κ1) is 16.6. The summed E-state index contributed by atoms with van der Waals surface area (Å²) in [6, 6.07) is 19.1. The van der Waals surface area contributed by atoms with Gasteiger partial charge in [0.2, 0.25) is 0 Å². The lowest BCUT2D eigenvalue weighted by Gasteiger charge is -2.10. The van der Waals surface area contributed by atoms with Gasteiger partial charge in [-0.05, 0) is 54.1 Å². The summed E-state index contributed by atoms with van der Waals surface area (Å²) in [7, 11) is 0. The van der Waals surface area contributed by atoms with Crippen LogP contribution in [0.4, 0.5) is 5.82 Å². The predicted octanol–water partition coefficient (Wildman–Crippen LogP) is 4.41. The van der Waals surface area contributed by atoms with Gasteiger partial charge < -0.3 is 10.7 Å². The molecule has 4 aromatic rings. The summed E-state index contributed by atoms with van der Waals surface area (Å²) in [6.07, 6.45) is 1.90. The Labute approximate surface area is 157 Å². The first-order valence-corrected chi connectivity index (χ1v) is 8.58. The smallest absolute Gasteiger partial charge is 0.160 e. The fourth-order valence-electron chi connectivity index (χ4n) is 3.12. The molecule has 0 saturated heterocycles. The maximum Gasteiger partial charge on any atom is 0.160 e. The fraction of sp³-hybridized carbons (Fsp3) is 0.0435. The summed E-state index contributed by atoms with van der Waals surface area (Å²) < 4.78 is 0. The van der Waals surface area contributed by atoms with Gasteiger partial charge in [0.1, 0.15) is 11.5 Å². The molecule has 0 radical (unpaired) electrons. The zero-order valence-electron chi connectivity index (χ0n) is 14.8. The number of ketones is 1. The number of carbonyl (C=O) groups excluding carboxylic acids is 1. The molecule has 130 valence electrons. The van der Waals surface area contributed by atoms with Crippen molar-refractivity contribution in [1.82, 2.24) is 9.97 Å². The first-order chi connectivity index (χ1) is 13.1. The average molecular weight is 351 g/mol. The summed E-state index contributed by atoms with van der Waals surface area (Å²) in [6.45, 7) is 1.57. The van der Waals surface area contributed by atoms with Crippen LogP contribution in [0.15, 0.2) is 66.9 Å². The number of benzene rings is 2. The SMILES string of the molecule is CC(=O)c1cccc(C#Cc2cccc(N)n2)c1-c1ccc2cc[nH]c2c1. The number of fused-ring (bicyclic) bond motifs is 1. The van der Waals surface area contributed by atoms with E-state index in [-0.39, 0.29) is 5.78 Å². The van der Waals surface area contributed by atoms with E-state index >= 15 is 0 Å². The Bertz CT molecular complexity index is 1230. The Morgan fingerprint density at radius 2 is 1.89 bits per heavy atom. The largest absolute Gasteiger partial charge is 0.384 e. The van der Waals surface area contributed by atoms with Crippen LogP contribution in [0, 0.1) is 11.8 Å². The second kappa shape index (κ2) is 6.81. The standard InChI is InChI=1S/C23H17N3O/c1-15(27)20-6-2-4-17(10-11-19-5-3-7-22(24)26-19)23(20)18-9-8-16-12-13-25-21(16)14-18/h2-9,12-14,25H,1H3,(H2,24,26). The number of hydrogen-bond acceptors (Lipinski definition) is 3. The lowest BCUT2D eigenvalue weighted by Crippen LogP contribution is -1.99. The van der Waals surface area contributed by atoms with Crippen LogP contribution in [-0.2, 0) is 0 Å². The number of aromatic nitrogens is 2. The third kappa shape index (κ3) is 3.31. The number of nitrogen functional groups attached to an aromatic ring is 1. The number of rotatable bonds is 2. The van der Waals surface area contributed by atoms with Gasteiger partial charge in [0.15, 0.2) is 5.78 Å². The number of pyridine rings is 1. The lowest BCUT2D eigenvalue weighted by atomic mass is 9.92. The van der Waals surface area contributed by atoms with Gasteiger partial charge in [0.05, 0.1) is 0 Å². The minimum Gasteiger partial charge on any atom is -0.384 e. The maximum absolute atomic E-state index is 12.2. The average Bonchev–Trinajstić information content (AvgIpc) is 3.13. The van der Waals surface area contributed by atoms with Crippen molar-refractivity contribution in [2.24, 2.45) is 0 Å². The van der Waals surface area contributed by atoms with Crippen LogP contribution in [0.2, 0.25) is 0 Å². The highest BCUT2D eigenvalue weighted by molar-refractivity contribution is 6.03. The molecule has 0 unspecified atom stereocenters. The van der Waals surface area contributed by atoms with Crippen LogP contribution in [0.1, 0.15) is 28.5 Å². The second-order valence-corrected chi connectivity index (χ2v) is 6.26. The quantitative estimate of drug-likeness (QED) is 0.415. The molecule has 0 aliphatic heterocycles. The molecule has 0 fully saturated rings. The highest BCUT2D eigenvalue weighted by Gasteiger charge is 2.13. The zero-order chi connectivity index (χ0) is 18.8. The van der Waals surface area contributed by atoms with Gasteiger partial charge in [-0.3, -0.25) is 4.79 Å². The Morgan fingerprint density at radius 1 is 1.04 bits per heavy atom. The van der Waals surface area contributed by atoms with Crippen LogP contribution in [0.5, 0.6) is 0 Å². The van der Waals surface area contributed by atoms with Crippen molar-refractivity contribution < 1.29 is 4.79 Å². The Balaban J connectivity index is 1.90. The first-order valence-electron chi connectivity index (χ1n) is 8.58. The highest BCUT2D eigenvalue weighted by Crippen LogP contribution is 2.30. The number of nitrogens with zero attached hydrogens (tertiary/aromatic N) is 1. The van der Waals surface area contributed by atoms with Crippen LogP contribution in [0.25, 0.3) is 22.0 Å². The highest BCUT2D eigenvalue weighted by atomic mass is 16.1. The summed E-state index contributed by atoms with van der Waals surface area (Å²) >= 11 is 0. The molecular weight excluding hydrogens is 334 g/mol. The molecule has 0 spiro atoms. The summed E-state index contributed by atoms with van der Waals surface area (Å²) in [5.41, 5.74) is 10.5. The number of Topliss-reactive ketones (excluding diaryl/α,β-unsaturated/α-hetero) is 1. The molecule has 0 aliphatic rings. The molecule has 4 rings (SSSR count). The van der Waals surface area contributed by atoms with E-state index in [4.69, 9.17) is 5.73 Å². The number of anilines is 1. The predicted molar refractivity (Wildman–Crippen MR) is 108 cm³/mol. The lowest BCUT2D eigenvalue weighted by molar-refractivity contribution is 0.101. The molecule has 0 bridgehead atoms. The van der Waals surface area contributed by atoms with Gasteiger partial charge in [-0.1, -0.05) is 36.3 Å². The van der Waals surface area contributed by atoms with Gasteiger partial charge in [-0.15, -0.1) is 0 Å². The minimum absolute atomic E-state index is 0.00214. The Hall–Kier alpha value is -3.84. The van der Waals surface area contributed by atoms with E-state index in [1.54, 1.807) is 13.0 Å². The molecule has 4 nitrogen and oxygen atoms in total. The third-order valence-electron chi connectivity index (χ3n) is 4.38. The second-order valence-electron chi connectivity index (χ2n) is 6.26. The van der Waals surface area contributed by atoms with Crippen molar-refractivity contribution in [3.8, 4) is 23.0 Å². The Kier molecular flexibility index (Phi) is 4.19. The van der Waals surface area contributed by atoms with Gasteiger partial charge in [0, 0.05) is 28.4 Å². The molecule has 4 heteroatoms. The third-order valence-corrected chi connectivity index (χ3v) is 4.38. The molecule has 0 atom stereocenters. The van der Waals surface area contributed by atoms with Gasteiger partial charge in [-0.2, -0.15) is 0 Å². The minimum atomic E-state index is 0.00214. The van der Waals surface area contributed by atoms with E-state index in [9.17, 15) is 4.79 Å². The molecule has 27 heavy (non-hydrogen) atoms. The Morgan fingerprint density at radius 3 is 2.70 bits per heavy atom. The summed E-state index contributed by atoms with van der Waals surface area (Å²) in [5.74, 6) is 6.64. The number of H-pyrrole nitrogens is 1. The molecular formula is C23H17N3O. The monoisotopic (exact) mass is 351 g/mol. The maximum atomic E-state index is 12.2. The van der Waals surface area contributed by atoms with Crippen LogP contribution in [-0.4, -0.2) is 15.8 Å². The van der Waals surface area contributed by atoms with Crippen molar-refractivity contribution in [3.63, 3.8) is 0 Å². The number of nitrogens with two attached hydrogens (primary N) is 1. The fourth-order valence-corrected chi connectivity index (χ4v) is 3.12. The number of hydrogen-bond donors (Lipinski definition) is 2. The van der Waals surface area contributed by atoms with Gasteiger partial charge >= 0.3 is 0 Å². The number of nitrogens with one attached hydrogen (secondary N) is 1. The summed E-state index contributed by atoms with van der Waals surface area (Å²) in [5, 5.41) is 1.12. The van der Waals surface area contributed by atoms with E-state index < -0.39 is 0 Å². The van der Waals surface area contributed by atoms with Gasteiger partial charge in [0.25, 0.3) is 0 Å². The van der Waals surface area contributed by atoms with E-state index in [1.165, 1.54) is 0 Å². The molecule has 2 heterocycles. The van der Waals surface area contributed by atoms with E-state index in [0.717, 1.165) is 27.6 Å². The van der Waals surface area contributed by atoms with Crippen molar-refractivity contribution in [1.29, 1.82) is 0 Å². The van der Waals surface area contributed by atoms with Crippen molar-refractivity contribution >= 4 is 22.5 Å². The van der Waals surface area contributed by atoms with Gasteiger partial charge in [-0.25, -0.2) is 4.98 Å². The zero-order valence-corrected chi connectivity index (χ0v) is 14.8. The normalized spacial score (nSPS) is 10.4. The van der Waals surface area contributed by atoms with Crippen LogP contribution in [0.3, 0.4) is 0 Å². The molecule has 0 saturated carbocycles. The number of carbonyl (C=O) groups is 1. The molecule has 0 amide bonds. The van der Waals surface area contributed by atoms with E-state index in [2.05, 4.69) is 21.8 Å². The molecule has 0 aliphatic carbocycles. The van der Waals surface area contributed by atoms with Crippen molar-refractivity contribution in [2.45, 2.75) is 6.92 Å². The van der Waals surface area contributed by atoms with E-state index in [0.29, 0.717) is 17.1 Å². The molecule has 2 aromatic heterocycles. The van der Waals surface area contributed by atoms with Crippen molar-refractivity contribution in [3.05, 3.63) is 83.7 Å². The molecule has 3 N–H and O–H groups in total. The van der Waals surface area contributed by atoms with Crippen LogP contribution >= 0.6 is 0 Å². The molecule has 2 aromatic carbocycles. The topological polar surface area (TPSA) is 71.8 Å². The van der Waals surface area contributed by atoms with E-state index in [1.807, 2.05) is 60.8 Å². The van der Waals surface area contributed by atoms with Crippen LogP contribution < -0.4 is 5.73 Å². The summed E-state index contributed by atoms with van der Waals surface area (Å²) in [4.78, 5) is 19.7. The number of aromatic amines is 1. The van der Waals surface area contributed by atoms with Crippen molar-refractivity contribution in [2.75, 3.05) is 5.73 Å².